The second-order valence-electron chi connectivity index (χ2n) is 6.71. The van der Waals surface area contributed by atoms with Crippen molar-refractivity contribution in [3.05, 3.63) is 78.5 Å². The van der Waals surface area contributed by atoms with Crippen LogP contribution in [0, 0.1) is 0 Å². The monoisotopic (exact) mass is 388 g/mol. The van der Waals surface area contributed by atoms with Gasteiger partial charge in [0.25, 0.3) is 0 Å². The fraction of sp³-hybridized carbons (Fsp3) is 0.174. The molecule has 0 radical (unpaired) electrons. The summed E-state index contributed by atoms with van der Waals surface area (Å²) in [7, 11) is 0. The normalized spacial score (nSPS) is 13.4. The van der Waals surface area contributed by atoms with Crippen molar-refractivity contribution >= 4 is 17.6 Å². The zero-order chi connectivity index (χ0) is 20.1. The minimum atomic E-state index is -0.353. The van der Waals surface area contributed by atoms with E-state index >= 15 is 0 Å². The highest BCUT2D eigenvalue weighted by Crippen LogP contribution is 2.24. The number of anilines is 1. The third kappa shape index (κ3) is 4.79. The smallest absolute Gasteiger partial charge is 0.315 e. The molecule has 146 valence electrons. The Balaban J connectivity index is 1.31. The number of aromatic nitrogens is 1. The fourth-order valence-corrected chi connectivity index (χ4v) is 3.15. The zero-order valence-corrected chi connectivity index (χ0v) is 15.8. The van der Waals surface area contributed by atoms with Crippen molar-refractivity contribution in [2.24, 2.45) is 0 Å². The van der Waals surface area contributed by atoms with Gasteiger partial charge in [0.2, 0.25) is 11.8 Å². The van der Waals surface area contributed by atoms with Crippen LogP contribution in [0.5, 0.6) is 17.4 Å². The van der Waals surface area contributed by atoms with Gasteiger partial charge in [-0.15, -0.1) is 0 Å². The summed E-state index contributed by atoms with van der Waals surface area (Å²) in [5.74, 6) is 1.34. The summed E-state index contributed by atoms with van der Waals surface area (Å²) in [5.41, 5.74) is 1.70. The Kier molecular flexibility index (Phi) is 5.52. The largest absolute Gasteiger partial charge is 0.439 e. The lowest BCUT2D eigenvalue weighted by Crippen LogP contribution is -2.23. The quantitative estimate of drug-likeness (QED) is 0.469. The first kappa shape index (κ1) is 18.7. The molecule has 0 aliphatic carbocycles. The molecule has 0 saturated carbocycles. The molecule has 0 N–H and O–H groups in total. The van der Waals surface area contributed by atoms with E-state index in [9.17, 15) is 9.59 Å². The Morgan fingerprint density at radius 2 is 1.72 bits per heavy atom. The van der Waals surface area contributed by atoms with Crippen LogP contribution in [-0.4, -0.2) is 23.4 Å². The Hall–Kier alpha value is -3.67. The second-order valence-corrected chi connectivity index (χ2v) is 6.71. The van der Waals surface area contributed by atoms with Crippen LogP contribution in [-0.2, 0) is 16.0 Å². The molecule has 2 heterocycles. The molecule has 0 atom stereocenters. The summed E-state index contributed by atoms with van der Waals surface area (Å²) in [6, 6.07) is 19.7. The van der Waals surface area contributed by atoms with E-state index in [2.05, 4.69) is 4.98 Å². The lowest BCUT2D eigenvalue weighted by molar-refractivity contribution is -0.133. The number of esters is 1. The molecule has 0 spiro atoms. The molecule has 2 aromatic carbocycles. The van der Waals surface area contributed by atoms with Crippen LogP contribution in [0.15, 0.2) is 72.9 Å². The second kappa shape index (κ2) is 8.56. The van der Waals surface area contributed by atoms with E-state index in [0.29, 0.717) is 23.8 Å². The highest BCUT2D eigenvalue weighted by atomic mass is 16.5. The number of hydrogen-bond acceptors (Lipinski definition) is 5. The number of rotatable bonds is 6. The van der Waals surface area contributed by atoms with E-state index in [1.165, 1.54) is 0 Å². The molecular formula is C23H20N2O4. The van der Waals surface area contributed by atoms with Gasteiger partial charge in [0, 0.05) is 30.9 Å². The number of hydrogen-bond donors (Lipinski definition) is 0. The Morgan fingerprint density at radius 3 is 2.38 bits per heavy atom. The predicted octanol–water partition coefficient (Wildman–Crippen LogP) is 4.15. The van der Waals surface area contributed by atoms with Crippen LogP contribution in [0.4, 0.5) is 5.69 Å². The Labute approximate surface area is 168 Å². The highest BCUT2D eigenvalue weighted by molar-refractivity contribution is 5.95. The molecule has 3 aromatic rings. The summed E-state index contributed by atoms with van der Waals surface area (Å²) in [5, 5.41) is 0. The summed E-state index contributed by atoms with van der Waals surface area (Å²) in [4.78, 5) is 29.9. The number of amides is 1. The van der Waals surface area contributed by atoms with E-state index in [4.69, 9.17) is 9.47 Å². The number of benzene rings is 2. The van der Waals surface area contributed by atoms with Crippen molar-refractivity contribution in [3.8, 4) is 17.4 Å². The molecule has 0 unspecified atom stereocenters. The summed E-state index contributed by atoms with van der Waals surface area (Å²) < 4.78 is 11.0. The minimum absolute atomic E-state index is 0.146. The van der Waals surface area contributed by atoms with E-state index in [-0.39, 0.29) is 18.3 Å². The lowest BCUT2D eigenvalue weighted by atomic mass is 10.1. The number of nitrogens with zero attached hydrogens (tertiary/aromatic N) is 2. The Morgan fingerprint density at radius 1 is 0.966 bits per heavy atom. The number of pyridine rings is 1. The van der Waals surface area contributed by atoms with E-state index < -0.39 is 0 Å². The first-order chi connectivity index (χ1) is 14.2. The maximum atomic E-state index is 12.2. The third-order valence-corrected chi connectivity index (χ3v) is 4.59. The van der Waals surface area contributed by atoms with Crippen LogP contribution in [0.25, 0.3) is 0 Å². The summed E-state index contributed by atoms with van der Waals surface area (Å²) in [6.45, 7) is 0.750. The van der Waals surface area contributed by atoms with Crippen LogP contribution in [0.3, 0.4) is 0 Å². The summed E-state index contributed by atoms with van der Waals surface area (Å²) in [6.07, 6.45) is 3.29. The molecule has 1 saturated heterocycles. The SMILES string of the molecule is O=C(Cc1ccc(N2CCCC2=O)cc1)Oc1ccc(Oc2ccccn2)cc1. The average Bonchev–Trinajstić information content (AvgIpc) is 3.17. The molecule has 6 nitrogen and oxygen atoms in total. The van der Waals surface area contributed by atoms with Crippen LogP contribution >= 0.6 is 0 Å². The average molecular weight is 388 g/mol. The van der Waals surface area contributed by atoms with Gasteiger partial charge in [-0.3, -0.25) is 9.59 Å². The summed E-state index contributed by atoms with van der Waals surface area (Å²) >= 11 is 0. The molecule has 6 heteroatoms. The van der Waals surface area contributed by atoms with Gasteiger partial charge in [0.15, 0.2) is 0 Å². The number of carbonyl (C=O) groups is 2. The van der Waals surface area contributed by atoms with Gasteiger partial charge in [0.05, 0.1) is 6.42 Å². The molecule has 1 aliphatic rings. The minimum Gasteiger partial charge on any atom is -0.439 e. The molecular weight excluding hydrogens is 368 g/mol. The van der Waals surface area contributed by atoms with Crippen LogP contribution in [0.1, 0.15) is 18.4 Å². The van der Waals surface area contributed by atoms with Crippen molar-refractivity contribution in [3.63, 3.8) is 0 Å². The molecule has 1 amide bonds. The molecule has 4 rings (SSSR count). The van der Waals surface area contributed by atoms with Gasteiger partial charge in [-0.1, -0.05) is 18.2 Å². The van der Waals surface area contributed by atoms with Crippen LogP contribution in [0.2, 0.25) is 0 Å². The first-order valence-electron chi connectivity index (χ1n) is 9.46. The standard InChI is InChI=1S/C23H20N2O4/c26-22-5-3-15-25(22)18-8-6-17(7-9-18)16-23(27)29-20-12-10-19(11-13-20)28-21-4-1-2-14-24-21/h1-2,4,6-14H,3,5,15-16H2. The number of ether oxygens (including phenoxy) is 2. The third-order valence-electron chi connectivity index (χ3n) is 4.59. The van der Waals surface area contributed by atoms with Crippen molar-refractivity contribution < 1.29 is 19.1 Å². The lowest BCUT2D eigenvalue weighted by Gasteiger charge is -2.15. The van der Waals surface area contributed by atoms with Gasteiger partial charge in [-0.05, 0) is 54.4 Å². The molecule has 29 heavy (non-hydrogen) atoms. The van der Waals surface area contributed by atoms with Gasteiger partial charge in [-0.2, -0.15) is 0 Å². The van der Waals surface area contributed by atoms with Crippen molar-refractivity contribution in [1.29, 1.82) is 0 Å². The maximum absolute atomic E-state index is 12.2. The van der Waals surface area contributed by atoms with Crippen molar-refractivity contribution in [2.75, 3.05) is 11.4 Å². The maximum Gasteiger partial charge on any atom is 0.315 e. The van der Waals surface area contributed by atoms with Crippen LogP contribution < -0.4 is 14.4 Å². The van der Waals surface area contributed by atoms with Gasteiger partial charge < -0.3 is 14.4 Å². The molecule has 1 fully saturated rings. The predicted molar refractivity (Wildman–Crippen MR) is 108 cm³/mol. The van der Waals surface area contributed by atoms with E-state index in [0.717, 1.165) is 24.2 Å². The molecule has 1 aliphatic heterocycles. The number of carbonyl (C=O) groups excluding carboxylic acids is 2. The van der Waals surface area contributed by atoms with Crippen molar-refractivity contribution in [1.82, 2.24) is 4.98 Å². The van der Waals surface area contributed by atoms with E-state index in [1.54, 1.807) is 41.4 Å². The van der Waals surface area contributed by atoms with Crippen molar-refractivity contribution in [2.45, 2.75) is 19.3 Å². The fourth-order valence-electron chi connectivity index (χ4n) is 3.15. The molecule has 0 bridgehead atoms. The highest BCUT2D eigenvalue weighted by Gasteiger charge is 2.21. The molecule has 1 aromatic heterocycles. The van der Waals surface area contributed by atoms with Gasteiger partial charge in [0.1, 0.15) is 11.5 Å². The topological polar surface area (TPSA) is 68.7 Å². The first-order valence-corrected chi connectivity index (χ1v) is 9.46. The zero-order valence-electron chi connectivity index (χ0n) is 15.8. The van der Waals surface area contributed by atoms with E-state index in [1.807, 2.05) is 36.4 Å². The van der Waals surface area contributed by atoms with Gasteiger partial charge in [-0.25, -0.2) is 4.98 Å². The van der Waals surface area contributed by atoms with Gasteiger partial charge >= 0.3 is 5.97 Å². The Bertz CT molecular complexity index is 986.